The van der Waals surface area contributed by atoms with Gasteiger partial charge in [0.1, 0.15) is 0 Å². The maximum atomic E-state index is 12.2. The Kier molecular flexibility index (Phi) is 5.08. The normalized spacial score (nSPS) is 31.7. The van der Waals surface area contributed by atoms with Crippen LogP contribution in [0, 0.1) is 11.3 Å². The Hall–Kier alpha value is -0.610. The lowest BCUT2D eigenvalue weighted by Crippen LogP contribution is -2.45. The van der Waals surface area contributed by atoms with E-state index in [0.717, 1.165) is 6.42 Å². The molecule has 1 saturated heterocycles. The van der Waals surface area contributed by atoms with Crippen LogP contribution in [0.25, 0.3) is 0 Å². The summed E-state index contributed by atoms with van der Waals surface area (Å²) in [6.07, 6.45) is 6.27. The lowest BCUT2D eigenvalue weighted by molar-refractivity contribution is -0.123. The average Bonchev–Trinajstić information content (AvgIpc) is 2.77. The van der Waals surface area contributed by atoms with Crippen molar-refractivity contribution < 1.29 is 9.90 Å². The highest BCUT2D eigenvalue weighted by atomic mass is 16.3. The highest BCUT2D eigenvalue weighted by molar-refractivity contribution is 5.82. The molecule has 0 aromatic rings. The van der Waals surface area contributed by atoms with Crippen LogP contribution in [0.5, 0.6) is 0 Å². The van der Waals surface area contributed by atoms with Gasteiger partial charge in [0.05, 0.1) is 12.1 Å². The van der Waals surface area contributed by atoms with Crippen LogP contribution in [0.15, 0.2) is 0 Å². The molecular weight excluding hydrogens is 252 g/mol. The molecule has 0 aromatic carbocycles. The smallest absolute Gasteiger partial charge is 0.237 e. The zero-order valence-corrected chi connectivity index (χ0v) is 13.1. The van der Waals surface area contributed by atoms with Gasteiger partial charge in [-0.25, -0.2) is 0 Å². The predicted octanol–water partition coefficient (Wildman–Crippen LogP) is 1.82. The quantitative estimate of drug-likeness (QED) is 0.737. The molecule has 0 aromatic heterocycles. The molecule has 2 rings (SSSR count). The van der Waals surface area contributed by atoms with Crippen LogP contribution in [0.3, 0.4) is 0 Å². The topological polar surface area (TPSA) is 61.4 Å². The Labute approximate surface area is 122 Å². The van der Waals surface area contributed by atoms with Crippen LogP contribution in [0.4, 0.5) is 0 Å². The number of nitrogens with one attached hydrogen (secondary N) is 2. The fourth-order valence-corrected chi connectivity index (χ4v) is 3.64. The van der Waals surface area contributed by atoms with Crippen molar-refractivity contribution in [3.8, 4) is 0 Å². The molecule has 116 valence electrons. The van der Waals surface area contributed by atoms with Gasteiger partial charge in [0.25, 0.3) is 0 Å². The number of aliphatic hydroxyl groups excluding tert-OH is 1. The SMILES string of the molecule is CC(C)(C)CC(O)CNC(=O)C1CC2CCCCC2N1. The van der Waals surface area contributed by atoms with Gasteiger partial charge in [-0.3, -0.25) is 4.79 Å². The lowest BCUT2D eigenvalue weighted by Gasteiger charge is -2.24. The molecule has 1 amide bonds. The zero-order valence-electron chi connectivity index (χ0n) is 13.1. The second-order valence-corrected chi connectivity index (χ2v) is 7.77. The molecule has 3 N–H and O–H groups in total. The summed E-state index contributed by atoms with van der Waals surface area (Å²) < 4.78 is 0. The third kappa shape index (κ3) is 4.45. The van der Waals surface area contributed by atoms with Gasteiger partial charge in [-0.2, -0.15) is 0 Å². The minimum absolute atomic E-state index is 0.0510. The minimum atomic E-state index is -0.456. The van der Waals surface area contributed by atoms with E-state index in [1.54, 1.807) is 0 Å². The summed E-state index contributed by atoms with van der Waals surface area (Å²) in [6.45, 7) is 6.66. The number of fused-ring (bicyclic) bond motifs is 1. The van der Waals surface area contributed by atoms with Gasteiger partial charge < -0.3 is 15.7 Å². The van der Waals surface area contributed by atoms with E-state index < -0.39 is 6.10 Å². The third-order valence-corrected chi connectivity index (χ3v) is 4.54. The predicted molar refractivity (Wildman–Crippen MR) is 80.4 cm³/mol. The summed E-state index contributed by atoms with van der Waals surface area (Å²) in [7, 11) is 0. The van der Waals surface area contributed by atoms with E-state index in [9.17, 15) is 9.90 Å². The van der Waals surface area contributed by atoms with Gasteiger partial charge in [0.15, 0.2) is 0 Å². The van der Waals surface area contributed by atoms with Crippen LogP contribution in [0.1, 0.15) is 59.3 Å². The van der Waals surface area contributed by atoms with E-state index in [-0.39, 0.29) is 17.4 Å². The molecule has 4 heteroatoms. The molecule has 0 radical (unpaired) electrons. The van der Waals surface area contributed by atoms with E-state index >= 15 is 0 Å². The molecule has 1 aliphatic carbocycles. The monoisotopic (exact) mass is 282 g/mol. The second kappa shape index (κ2) is 6.44. The van der Waals surface area contributed by atoms with E-state index in [0.29, 0.717) is 24.9 Å². The van der Waals surface area contributed by atoms with Gasteiger partial charge >= 0.3 is 0 Å². The second-order valence-electron chi connectivity index (χ2n) is 7.77. The van der Waals surface area contributed by atoms with Gasteiger partial charge in [-0.15, -0.1) is 0 Å². The van der Waals surface area contributed by atoms with E-state index in [1.807, 2.05) is 0 Å². The molecule has 0 spiro atoms. The largest absolute Gasteiger partial charge is 0.391 e. The van der Waals surface area contributed by atoms with Crippen molar-refractivity contribution in [2.24, 2.45) is 11.3 Å². The third-order valence-electron chi connectivity index (χ3n) is 4.54. The Morgan fingerprint density at radius 3 is 2.70 bits per heavy atom. The fourth-order valence-electron chi connectivity index (χ4n) is 3.64. The maximum Gasteiger partial charge on any atom is 0.237 e. The van der Waals surface area contributed by atoms with Crippen molar-refractivity contribution in [1.29, 1.82) is 0 Å². The van der Waals surface area contributed by atoms with Gasteiger partial charge in [0, 0.05) is 12.6 Å². The van der Waals surface area contributed by atoms with Gasteiger partial charge in [0.2, 0.25) is 5.91 Å². The number of amides is 1. The van der Waals surface area contributed by atoms with E-state index in [1.165, 1.54) is 25.7 Å². The van der Waals surface area contributed by atoms with Crippen molar-refractivity contribution in [3.63, 3.8) is 0 Å². The first-order valence-corrected chi connectivity index (χ1v) is 8.07. The molecule has 1 heterocycles. The molecule has 2 aliphatic rings. The maximum absolute atomic E-state index is 12.2. The molecule has 0 bridgehead atoms. The van der Waals surface area contributed by atoms with Gasteiger partial charge in [-0.05, 0) is 37.0 Å². The lowest BCUT2D eigenvalue weighted by atomic mass is 9.85. The Bertz CT molecular complexity index is 324. The molecule has 2 fully saturated rings. The number of rotatable bonds is 4. The van der Waals surface area contributed by atoms with Crippen LogP contribution in [-0.4, -0.2) is 35.7 Å². The Balaban J connectivity index is 1.73. The number of hydrogen-bond acceptors (Lipinski definition) is 3. The summed E-state index contributed by atoms with van der Waals surface area (Å²) in [5, 5.41) is 16.3. The van der Waals surface area contributed by atoms with Crippen LogP contribution < -0.4 is 10.6 Å². The average molecular weight is 282 g/mol. The summed E-state index contributed by atoms with van der Waals surface area (Å²) in [5.74, 6) is 0.742. The van der Waals surface area contributed by atoms with E-state index in [2.05, 4.69) is 31.4 Å². The zero-order chi connectivity index (χ0) is 14.8. The summed E-state index contributed by atoms with van der Waals surface area (Å²) in [5.41, 5.74) is 0.0880. The molecule has 4 nitrogen and oxygen atoms in total. The highest BCUT2D eigenvalue weighted by Crippen LogP contribution is 2.33. The number of carbonyl (C=O) groups excluding carboxylic acids is 1. The molecule has 1 aliphatic heterocycles. The highest BCUT2D eigenvalue weighted by Gasteiger charge is 2.38. The molecule has 4 atom stereocenters. The first-order valence-electron chi connectivity index (χ1n) is 8.07. The Morgan fingerprint density at radius 2 is 2.05 bits per heavy atom. The van der Waals surface area contributed by atoms with Crippen LogP contribution >= 0.6 is 0 Å². The van der Waals surface area contributed by atoms with Crippen molar-refractivity contribution >= 4 is 5.91 Å². The minimum Gasteiger partial charge on any atom is -0.391 e. The van der Waals surface area contributed by atoms with Gasteiger partial charge in [-0.1, -0.05) is 33.6 Å². The van der Waals surface area contributed by atoms with Crippen molar-refractivity contribution in [2.45, 2.75) is 77.5 Å². The first kappa shape index (κ1) is 15.8. The first-order chi connectivity index (χ1) is 9.35. The number of hydrogen-bond donors (Lipinski definition) is 3. The number of aliphatic hydroxyl groups is 1. The van der Waals surface area contributed by atoms with Crippen LogP contribution in [-0.2, 0) is 4.79 Å². The summed E-state index contributed by atoms with van der Waals surface area (Å²) in [6, 6.07) is 0.490. The Morgan fingerprint density at radius 1 is 1.35 bits per heavy atom. The van der Waals surface area contributed by atoms with E-state index in [4.69, 9.17) is 0 Å². The number of carbonyl (C=O) groups is 1. The summed E-state index contributed by atoms with van der Waals surface area (Å²) >= 11 is 0. The molecule has 4 unspecified atom stereocenters. The van der Waals surface area contributed by atoms with Crippen molar-refractivity contribution in [1.82, 2.24) is 10.6 Å². The molecule has 20 heavy (non-hydrogen) atoms. The fraction of sp³-hybridized carbons (Fsp3) is 0.938. The van der Waals surface area contributed by atoms with Crippen molar-refractivity contribution in [2.75, 3.05) is 6.54 Å². The summed E-state index contributed by atoms with van der Waals surface area (Å²) in [4.78, 5) is 12.2. The molecule has 1 saturated carbocycles. The van der Waals surface area contributed by atoms with Crippen LogP contribution in [0.2, 0.25) is 0 Å². The molecular formula is C16H30N2O2. The van der Waals surface area contributed by atoms with Crippen molar-refractivity contribution in [3.05, 3.63) is 0 Å². The standard InChI is InChI=1S/C16H30N2O2/c1-16(2,3)9-12(19)10-17-15(20)14-8-11-6-4-5-7-13(11)18-14/h11-14,18-19H,4-10H2,1-3H3,(H,17,20).